The van der Waals surface area contributed by atoms with Crippen molar-refractivity contribution < 1.29 is 20.1 Å². The minimum absolute atomic E-state index is 0.0966. The zero-order chi connectivity index (χ0) is 7.72. The van der Waals surface area contributed by atoms with E-state index in [1.165, 1.54) is 0 Å². The summed E-state index contributed by atoms with van der Waals surface area (Å²) in [6.45, 7) is 1.75. The lowest BCUT2D eigenvalue weighted by atomic mass is 10.0. The van der Waals surface area contributed by atoms with Crippen molar-refractivity contribution >= 4 is 0 Å². The second kappa shape index (κ2) is 2.84. The van der Waals surface area contributed by atoms with Crippen LogP contribution in [-0.2, 0) is 4.74 Å². The van der Waals surface area contributed by atoms with Crippen LogP contribution in [0.25, 0.3) is 0 Å². The minimum Gasteiger partial charge on any atom is -0.388 e. The van der Waals surface area contributed by atoms with Crippen LogP contribution in [0.5, 0.6) is 0 Å². The molecule has 1 aliphatic rings. The number of rotatable bonds is 0. The molecule has 1 heterocycles. The highest BCUT2D eigenvalue weighted by atomic mass is 16.5. The van der Waals surface area contributed by atoms with E-state index in [9.17, 15) is 0 Å². The van der Waals surface area contributed by atoms with Crippen molar-refractivity contribution in [2.24, 2.45) is 0 Å². The monoisotopic (exact) mass is 148 g/mol. The molecule has 10 heavy (non-hydrogen) atoms. The molecule has 60 valence electrons. The molecule has 0 aromatic heterocycles. The summed E-state index contributed by atoms with van der Waals surface area (Å²) in [6.07, 6.45) is -3.38. The molecule has 3 N–H and O–H groups in total. The van der Waals surface area contributed by atoms with Gasteiger partial charge in [-0.25, -0.2) is 0 Å². The van der Waals surface area contributed by atoms with Gasteiger partial charge in [0.2, 0.25) is 0 Å². The second-order valence-corrected chi connectivity index (χ2v) is 2.59. The molecule has 2 unspecified atom stereocenters. The van der Waals surface area contributed by atoms with Crippen LogP contribution in [0.3, 0.4) is 0 Å². The van der Waals surface area contributed by atoms with Crippen molar-refractivity contribution in [1.29, 1.82) is 0 Å². The fourth-order valence-electron chi connectivity index (χ4n) is 0.953. The van der Waals surface area contributed by atoms with E-state index >= 15 is 0 Å². The van der Waals surface area contributed by atoms with Gasteiger partial charge in [0.1, 0.15) is 18.3 Å². The van der Waals surface area contributed by atoms with E-state index in [1.807, 2.05) is 0 Å². The van der Waals surface area contributed by atoms with Crippen molar-refractivity contribution in [2.75, 3.05) is 6.61 Å². The number of hydrogen-bond acceptors (Lipinski definition) is 4. The largest absolute Gasteiger partial charge is 0.388 e. The summed E-state index contributed by atoms with van der Waals surface area (Å²) < 4.78 is 4.91. The van der Waals surface area contributed by atoms with Gasteiger partial charge >= 0.3 is 0 Å². The maximum Gasteiger partial charge on any atom is 0.110 e. The van der Waals surface area contributed by atoms with Crippen LogP contribution in [0, 0.1) is 0 Å². The zero-order valence-corrected chi connectivity index (χ0v) is 5.77. The highest BCUT2D eigenvalue weighted by Gasteiger charge is 2.34. The topological polar surface area (TPSA) is 69.9 Å². The fraction of sp³-hybridized carbons (Fsp3) is 1.00. The van der Waals surface area contributed by atoms with Crippen LogP contribution in [0.15, 0.2) is 0 Å². The Labute approximate surface area is 59.1 Å². The summed E-state index contributed by atoms with van der Waals surface area (Å²) in [6, 6.07) is 0. The number of aliphatic hydroxyl groups excluding tert-OH is 3. The lowest BCUT2D eigenvalue weighted by Crippen LogP contribution is -2.51. The maximum atomic E-state index is 9.08. The number of ether oxygens (including phenoxy) is 1. The third-order valence-electron chi connectivity index (χ3n) is 1.75. The van der Waals surface area contributed by atoms with Crippen molar-refractivity contribution in [3.63, 3.8) is 0 Å². The SMILES string of the molecule is CC1OCC(O)[C@H](O)[C@H]1O. The molecular formula is C6H12O4. The smallest absolute Gasteiger partial charge is 0.110 e. The molecule has 0 bridgehead atoms. The van der Waals surface area contributed by atoms with E-state index in [0.717, 1.165) is 0 Å². The van der Waals surface area contributed by atoms with Gasteiger partial charge in [-0.1, -0.05) is 0 Å². The Kier molecular flexibility index (Phi) is 2.25. The molecule has 1 rings (SSSR count). The highest BCUT2D eigenvalue weighted by molar-refractivity contribution is 4.83. The highest BCUT2D eigenvalue weighted by Crippen LogP contribution is 2.14. The summed E-state index contributed by atoms with van der Waals surface area (Å²) in [7, 11) is 0. The van der Waals surface area contributed by atoms with E-state index in [1.54, 1.807) is 6.92 Å². The van der Waals surface area contributed by atoms with Crippen LogP contribution < -0.4 is 0 Å². The fourth-order valence-corrected chi connectivity index (χ4v) is 0.953. The average Bonchev–Trinajstić information content (AvgIpc) is 1.93. The summed E-state index contributed by atoms with van der Waals surface area (Å²) >= 11 is 0. The van der Waals surface area contributed by atoms with Gasteiger partial charge < -0.3 is 20.1 Å². The molecule has 0 aliphatic carbocycles. The molecular weight excluding hydrogens is 136 g/mol. The van der Waals surface area contributed by atoms with Gasteiger partial charge in [0.05, 0.1) is 12.7 Å². The Balaban J connectivity index is 2.52. The molecule has 1 saturated heterocycles. The molecule has 4 heteroatoms. The first-order valence-electron chi connectivity index (χ1n) is 3.28. The van der Waals surface area contributed by atoms with Crippen molar-refractivity contribution in [3.8, 4) is 0 Å². The summed E-state index contributed by atoms with van der Waals surface area (Å²) in [5, 5.41) is 27.0. The molecule has 0 radical (unpaired) electrons. The Hall–Kier alpha value is -0.160. The van der Waals surface area contributed by atoms with E-state index in [4.69, 9.17) is 20.1 Å². The van der Waals surface area contributed by atoms with Crippen LogP contribution in [0.4, 0.5) is 0 Å². The Morgan fingerprint density at radius 1 is 1.20 bits per heavy atom. The van der Waals surface area contributed by atoms with Gasteiger partial charge in [0.25, 0.3) is 0 Å². The molecule has 4 nitrogen and oxygen atoms in total. The molecule has 0 saturated carbocycles. The first-order valence-corrected chi connectivity index (χ1v) is 3.28. The molecule has 0 amide bonds. The Bertz CT molecular complexity index is 102. The number of aliphatic hydroxyl groups is 3. The van der Waals surface area contributed by atoms with E-state index in [2.05, 4.69) is 0 Å². The lowest BCUT2D eigenvalue weighted by Gasteiger charge is -2.33. The van der Waals surface area contributed by atoms with Crippen molar-refractivity contribution in [2.45, 2.75) is 31.3 Å². The van der Waals surface area contributed by atoms with Crippen molar-refractivity contribution in [3.05, 3.63) is 0 Å². The van der Waals surface area contributed by atoms with E-state index in [-0.39, 0.29) is 6.61 Å². The standard InChI is InChI=1S/C6H12O4/c1-3-5(8)6(9)4(7)2-10-3/h3-9H,2H2,1H3/t3?,4?,5-,6-/m0/s1. The zero-order valence-electron chi connectivity index (χ0n) is 5.77. The first kappa shape index (κ1) is 7.94. The Morgan fingerprint density at radius 2 is 1.80 bits per heavy atom. The van der Waals surface area contributed by atoms with Crippen LogP contribution in [-0.4, -0.2) is 46.3 Å². The van der Waals surface area contributed by atoms with E-state index in [0.29, 0.717) is 0 Å². The normalized spacial score (nSPS) is 49.2. The van der Waals surface area contributed by atoms with Gasteiger partial charge in [-0.3, -0.25) is 0 Å². The van der Waals surface area contributed by atoms with Crippen LogP contribution >= 0.6 is 0 Å². The molecule has 0 aromatic carbocycles. The minimum atomic E-state index is -1.07. The van der Waals surface area contributed by atoms with Crippen LogP contribution in [0.1, 0.15) is 6.92 Å². The molecule has 0 spiro atoms. The van der Waals surface area contributed by atoms with Crippen molar-refractivity contribution in [1.82, 2.24) is 0 Å². The molecule has 0 aromatic rings. The maximum absolute atomic E-state index is 9.08. The van der Waals surface area contributed by atoms with Gasteiger partial charge in [-0.15, -0.1) is 0 Å². The quantitative estimate of drug-likeness (QED) is 0.390. The second-order valence-electron chi connectivity index (χ2n) is 2.59. The predicted molar refractivity (Wildman–Crippen MR) is 33.4 cm³/mol. The molecule has 4 atom stereocenters. The van der Waals surface area contributed by atoms with Gasteiger partial charge in [0, 0.05) is 0 Å². The summed E-state index contributed by atoms with van der Waals surface area (Å²) in [5.74, 6) is 0. The molecule has 1 aliphatic heterocycles. The third kappa shape index (κ3) is 1.29. The van der Waals surface area contributed by atoms with Gasteiger partial charge in [0.15, 0.2) is 0 Å². The Morgan fingerprint density at radius 3 is 2.30 bits per heavy atom. The predicted octanol–water partition coefficient (Wildman–Crippen LogP) is -1.51. The lowest BCUT2D eigenvalue weighted by molar-refractivity contribution is -0.181. The first-order chi connectivity index (χ1) is 4.63. The van der Waals surface area contributed by atoms with Gasteiger partial charge in [-0.2, -0.15) is 0 Å². The third-order valence-corrected chi connectivity index (χ3v) is 1.75. The van der Waals surface area contributed by atoms with E-state index < -0.39 is 24.4 Å². The van der Waals surface area contributed by atoms with Gasteiger partial charge in [-0.05, 0) is 6.92 Å². The average molecular weight is 148 g/mol. The summed E-state index contributed by atoms with van der Waals surface area (Å²) in [5.41, 5.74) is 0. The van der Waals surface area contributed by atoms with Crippen LogP contribution in [0.2, 0.25) is 0 Å². The summed E-state index contributed by atoms with van der Waals surface area (Å²) in [4.78, 5) is 0. The molecule has 1 fully saturated rings. The number of hydrogen-bond donors (Lipinski definition) is 3.